The summed E-state index contributed by atoms with van der Waals surface area (Å²) in [6.07, 6.45) is 3.44. The maximum absolute atomic E-state index is 5.99. The highest BCUT2D eigenvalue weighted by Gasteiger charge is 2.10. The second-order valence-corrected chi connectivity index (χ2v) is 5.95. The molecule has 2 heterocycles. The Morgan fingerprint density at radius 2 is 2.21 bits per heavy atom. The Balaban J connectivity index is 2.14. The monoisotopic (exact) mass is 335 g/mol. The van der Waals surface area contributed by atoms with Crippen molar-refractivity contribution < 1.29 is 0 Å². The van der Waals surface area contributed by atoms with E-state index in [0.29, 0.717) is 5.69 Å². The van der Waals surface area contributed by atoms with Gasteiger partial charge >= 0.3 is 0 Å². The van der Waals surface area contributed by atoms with Crippen molar-refractivity contribution in [1.82, 2.24) is 19.7 Å². The molecule has 0 saturated heterocycles. The molecule has 3 rings (SSSR count). The first-order valence-electron chi connectivity index (χ1n) is 5.51. The van der Waals surface area contributed by atoms with Gasteiger partial charge in [-0.05, 0) is 45.9 Å². The minimum absolute atomic E-state index is 0.714. The van der Waals surface area contributed by atoms with Crippen molar-refractivity contribution >= 4 is 44.3 Å². The third kappa shape index (κ3) is 2.31. The first-order valence-corrected chi connectivity index (χ1v) is 7.11. The Bertz CT molecular complexity index is 755. The topological polar surface area (TPSA) is 69.6 Å². The molecule has 2 N–H and O–H groups in total. The Kier molecular flexibility index (Phi) is 3.16. The Labute approximate surface area is 122 Å². The van der Waals surface area contributed by atoms with Gasteiger partial charge < -0.3 is 10.3 Å². The van der Waals surface area contributed by atoms with E-state index in [1.807, 2.05) is 29.8 Å². The summed E-state index contributed by atoms with van der Waals surface area (Å²) in [4.78, 5) is 5.45. The number of rotatable bonds is 2. The molecule has 7 heteroatoms. The highest BCUT2D eigenvalue weighted by atomic mass is 79.9. The summed E-state index contributed by atoms with van der Waals surface area (Å²) in [5, 5.41) is 9.68. The average Bonchev–Trinajstić information content (AvgIpc) is 2.79. The third-order valence-corrected chi connectivity index (χ3v) is 4.22. The first kappa shape index (κ1) is 12.4. The van der Waals surface area contributed by atoms with Gasteiger partial charge in [-0.15, -0.1) is 10.2 Å². The van der Waals surface area contributed by atoms with Crippen molar-refractivity contribution in [2.24, 2.45) is 7.05 Å². The molecule has 3 aromatic rings. The fraction of sp³-hybridized carbons (Fsp3) is 0.0833. The van der Waals surface area contributed by atoms with Crippen LogP contribution in [0.5, 0.6) is 0 Å². The molecular formula is C12H10BrN5S. The molecule has 2 aromatic heterocycles. The summed E-state index contributed by atoms with van der Waals surface area (Å²) < 4.78 is 2.78. The molecule has 0 saturated carbocycles. The molecule has 0 fully saturated rings. The zero-order chi connectivity index (χ0) is 13.4. The predicted molar refractivity (Wildman–Crippen MR) is 79.0 cm³/mol. The highest BCUT2D eigenvalue weighted by Crippen LogP contribution is 2.34. The van der Waals surface area contributed by atoms with Crippen molar-refractivity contribution in [3.05, 3.63) is 35.2 Å². The van der Waals surface area contributed by atoms with Crippen molar-refractivity contribution in [3.8, 4) is 0 Å². The maximum Gasteiger partial charge on any atom is 0.195 e. The minimum Gasteiger partial charge on any atom is -0.398 e. The number of anilines is 1. The number of aromatic nitrogens is 4. The van der Waals surface area contributed by atoms with E-state index in [1.54, 1.807) is 12.5 Å². The van der Waals surface area contributed by atoms with E-state index in [2.05, 4.69) is 31.1 Å². The van der Waals surface area contributed by atoms with Crippen molar-refractivity contribution in [2.45, 2.75) is 10.1 Å². The highest BCUT2D eigenvalue weighted by molar-refractivity contribution is 9.10. The molecule has 0 unspecified atom stereocenters. The SMILES string of the molecule is Cn1cnnc1Sc1ccc(N)c2cc(Br)cnc12. The largest absolute Gasteiger partial charge is 0.398 e. The molecule has 0 aliphatic heterocycles. The number of nitrogen functional groups attached to an aromatic ring is 1. The molecule has 0 aliphatic rings. The van der Waals surface area contributed by atoms with Gasteiger partial charge in [0.1, 0.15) is 6.33 Å². The van der Waals surface area contributed by atoms with Gasteiger partial charge in [-0.2, -0.15) is 0 Å². The van der Waals surface area contributed by atoms with Gasteiger partial charge in [0.05, 0.1) is 5.52 Å². The van der Waals surface area contributed by atoms with E-state index in [4.69, 9.17) is 5.73 Å². The fourth-order valence-electron chi connectivity index (χ4n) is 1.74. The number of benzene rings is 1. The number of nitrogens with two attached hydrogens (primary N) is 1. The molecule has 0 spiro atoms. The summed E-state index contributed by atoms with van der Waals surface area (Å²) in [5.41, 5.74) is 7.58. The lowest BCUT2D eigenvalue weighted by atomic mass is 10.2. The summed E-state index contributed by atoms with van der Waals surface area (Å²) in [6.45, 7) is 0. The number of aryl methyl sites for hydroxylation is 1. The number of nitrogens with zero attached hydrogens (tertiary/aromatic N) is 4. The molecule has 96 valence electrons. The lowest BCUT2D eigenvalue weighted by Crippen LogP contribution is -1.93. The lowest BCUT2D eigenvalue weighted by molar-refractivity contribution is 0.789. The van der Waals surface area contributed by atoms with Crippen LogP contribution in [0.25, 0.3) is 10.9 Å². The molecule has 19 heavy (non-hydrogen) atoms. The standard InChI is InChI=1S/C12H10BrN5S/c1-18-6-16-17-12(18)19-10-3-2-9(14)8-4-7(13)5-15-11(8)10/h2-6H,14H2,1H3. The van der Waals surface area contributed by atoms with Crippen LogP contribution >= 0.6 is 27.7 Å². The molecule has 1 aromatic carbocycles. The van der Waals surface area contributed by atoms with E-state index in [0.717, 1.165) is 25.4 Å². The van der Waals surface area contributed by atoms with Gasteiger partial charge in [0.15, 0.2) is 5.16 Å². The Hall–Kier alpha value is -1.60. The second kappa shape index (κ2) is 4.82. The predicted octanol–water partition coefficient (Wildman–Crippen LogP) is 2.86. The van der Waals surface area contributed by atoms with Crippen LogP contribution in [0.4, 0.5) is 5.69 Å². The van der Waals surface area contributed by atoms with Crippen LogP contribution in [0.3, 0.4) is 0 Å². The van der Waals surface area contributed by atoms with E-state index < -0.39 is 0 Å². The zero-order valence-corrected chi connectivity index (χ0v) is 12.4. The summed E-state index contributed by atoms with van der Waals surface area (Å²) in [5.74, 6) is 0. The van der Waals surface area contributed by atoms with Gasteiger partial charge in [-0.1, -0.05) is 0 Å². The van der Waals surface area contributed by atoms with Gasteiger partial charge in [-0.25, -0.2) is 0 Å². The lowest BCUT2D eigenvalue weighted by Gasteiger charge is -2.07. The van der Waals surface area contributed by atoms with Crippen LogP contribution in [0.2, 0.25) is 0 Å². The van der Waals surface area contributed by atoms with Gasteiger partial charge in [0.2, 0.25) is 0 Å². The number of hydrogen-bond acceptors (Lipinski definition) is 5. The zero-order valence-electron chi connectivity index (χ0n) is 10.0. The molecule has 0 atom stereocenters. The normalized spacial score (nSPS) is 11.1. The summed E-state index contributed by atoms with van der Waals surface area (Å²) in [7, 11) is 1.91. The number of fused-ring (bicyclic) bond motifs is 1. The van der Waals surface area contributed by atoms with E-state index in [9.17, 15) is 0 Å². The Morgan fingerprint density at radius 1 is 1.37 bits per heavy atom. The van der Waals surface area contributed by atoms with Crippen molar-refractivity contribution in [2.75, 3.05) is 5.73 Å². The molecule has 5 nitrogen and oxygen atoms in total. The van der Waals surface area contributed by atoms with E-state index >= 15 is 0 Å². The third-order valence-electron chi connectivity index (χ3n) is 2.68. The maximum atomic E-state index is 5.99. The van der Waals surface area contributed by atoms with Gasteiger partial charge in [-0.3, -0.25) is 4.98 Å². The molecular weight excluding hydrogens is 326 g/mol. The van der Waals surface area contributed by atoms with Gasteiger partial charge in [0, 0.05) is 33.7 Å². The Morgan fingerprint density at radius 3 is 2.95 bits per heavy atom. The molecule has 0 amide bonds. The van der Waals surface area contributed by atoms with Crippen molar-refractivity contribution in [1.29, 1.82) is 0 Å². The number of halogens is 1. The van der Waals surface area contributed by atoms with Crippen LogP contribution < -0.4 is 5.73 Å². The smallest absolute Gasteiger partial charge is 0.195 e. The molecule has 0 bridgehead atoms. The van der Waals surface area contributed by atoms with Crippen LogP contribution in [-0.2, 0) is 7.05 Å². The summed E-state index contributed by atoms with van der Waals surface area (Å²) >= 11 is 4.93. The van der Waals surface area contributed by atoms with Crippen LogP contribution in [0.1, 0.15) is 0 Å². The average molecular weight is 336 g/mol. The van der Waals surface area contributed by atoms with Crippen LogP contribution in [0.15, 0.2) is 45.2 Å². The van der Waals surface area contributed by atoms with E-state index in [1.165, 1.54) is 11.8 Å². The van der Waals surface area contributed by atoms with Crippen LogP contribution in [0, 0.1) is 0 Å². The van der Waals surface area contributed by atoms with Gasteiger partial charge in [0.25, 0.3) is 0 Å². The molecule has 0 aliphatic carbocycles. The fourth-order valence-corrected chi connectivity index (χ4v) is 2.94. The number of hydrogen-bond donors (Lipinski definition) is 1. The molecule has 0 radical (unpaired) electrons. The number of pyridine rings is 1. The summed E-state index contributed by atoms with van der Waals surface area (Å²) in [6, 6.07) is 5.81. The first-order chi connectivity index (χ1) is 9.15. The van der Waals surface area contributed by atoms with Crippen LogP contribution in [-0.4, -0.2) is 19.7 Å². The minimum atomic E-state index is 0.714. The van der Waals surface area contributed by atoms with Crippen molar-refractivity contribution in [3.63, 3.8) is 0 Å². The second-order valence-electron chi connectivity index (χ2n) is 4.03. The van der Waals surface area contributed by atoms with E-state index in [-0.39, 0.29) is 0 Å². The quantitative estimate of drug-likeness (QED) is 0.729.